The maximum absolute atomic E-state index is 12.7. The Hall–Kier alpha value is -3.15. The summed E-state index contributed by atoms with van der Waals surface area (Å²) in [5.41, 5.74) is 2.01. The molecule has 4 atom stereocenters. The second-order valence-corrected chi connectivity index (χ2v) is 6.43. The first-order valence-corrected chi connectivity index (χ1v) is 8.53. The number of carboxylic acid groups (broad SMARTS) is 1. The largest absolute Gasteiger partial charge is 0.481 e. The lowest BCUT2D eigenvalue weighted by atomic mass is 9.62. The molecule has 0 radical (unpaired) electrons. The van der Waals surface area contributed by atoms with Gasteiger partial charge in [0.05, 0.1) is 32.0 Å². The number of methoxy groups -OCH3 is 2. The van der Waals surface area contributed by atoms with E-state index in [4.69, 9.17) is 9.47 Å². The predicted octanol–water partition coefficient (Wildman–Crippen LogP) is 2.58. The molecule has 2 aromatic rings. The number of esters is 2. The SMILES string of the molecule is COC(=O)[C@@H]1[C@@H](C(=O)OC)[C@@H](c2ccccc2)c2ccccc2[C@H]1C(=O)O. The van der Waals surface area contributed by atoms with Gasteiger partial charge in [0.1, 0.15) is 0 Å². The summed E-state index contributed by atoms with van der Waals surface area (Å²) >= 11 is 0. The average Bonchev–Trinajstić information content (AvgIpc) is 2.71. The van der Waals surface area contributed by atoms with Crippen molar-refractivity contribution in [1.82, 2.24) is 0 Å². The number of hydrogen-bond donors (Lipinski definition) is 1. The summed E-state index contributed by atoms with van der Waals surface area (Å²) < 4.78 is 9.85. The number of fused-ring (bicyclic) bond motifs is 1. The minimum Gasteiger partial charge on any atom is -0.481 e. The molecule has 0 fully saturated rings. The van der Waals surface area contributed by atoms with Crippen LogP contribution in [0.1, 0.15) is 28.5 Å². The lowest BCUT2D eigenvalue weighted by Gasteiger charge is -2.40. The van der Waals surface area contributed by atoms with Crippen LogP contribution in [-0.2, 0) is 23.9 Å². The van der Waals surface area contributed by atoms with Crippen LogP contribution in [0.2, 0.25) is 0 Å². The van der Waals surface area contributed by atoms with Crippen molar-refractivity contribution in [3.05, 3.63) is 71.3 Å². The summed E-state index contributed by atoms with van der Waals surface area (Å²) in [5.74, 6) is -6.49. The molecule has 0 saturated heterocycles. The average molecular weight is 368 g/mol. The van der Waals surface area contributed by atoms with Gasteiger partial charge in [0, 0.05) is 5.92 Å². The van der Waals surface area contributed by atoms with E-state index >= 15 is 0 Å². The van der Waals surface area contributed by atoms with Crippen molar-refractivity contribution in [3.8, 4) is 0 Å². The number of hydrogen-bond acceptors (Lipinski definition) is 5. The van der Waals surface area contributed by atoms with Crippen LogP contribution < -0.4 is 0 Å². The molecule has 0 saturated carbocycles. The van der Waals surface area contributed by atoms with Crippen molar-refractivity contribution in [1.29, 1.82) is 0 Å². The van der Waals surface area contributed by atoms with Crippen LogP contribution in [0.15, 0.2) is 54.6 Å². The number of aliphatic carboxylic acids is 1. The standard InChI is InChI=1S/C21H20O6/c1-26-20(24)17-15(12-8-4-3-5-9-12)13-10-6-7-11-14(13)16(19(22)23)18(17)21(25)27-2/h3-11,15-18H,1-2H3,(H,22,23)/t15-,16+,17-,18-/m0/s1. The smallest absolute Gasteiger partial charge is 0.311 e. The fraction of sp³-hybridized carbons (Fsp3) is 0.286. The summed E-state index contributed by atoms with van der Waals surface area (Å²) in [7, 11) is 2.42. The molecule has 3 rings (SSSR count). The van der Waals surface area contributed by atoms with Gasteiger partial charge in [-0.15, -0.1) is 0 Å². The molecule has 0 heterocycles. The fourth-order valence-corrected chi connectivity index (χ4v) is 4.05. The first-order valence-electron chi connectivity index (χ1n) is 8.53. The van der Waals surface area contributed by atoms with E-state index in [9.17, 15) is 19.5 Å². The molecule has 1 aliphatic rings. The van der Waals surface area contributed by atoms with Crippen molar-refractivity contribution < 1.29 is 29.0 Å². The molecule has 6 nitrogen and oxygen atoms in total. The summed E-state index contributed by atoms with van der Waals surface area (Å²) in [6.07, 6.45) is 0. The number of carboxylic acids is 1. The highest BCUT2D eigenvalue weighted by Gasteiger charge is 2.53. The molecule has 1 aliphatic carbocycles. The molecule has 27 heavy (non-hydrogen) atoms. The Kier molecular flexibility index (Phi) is 5.26. The normalized spacial score (nSPS) is 23.8. The van der Waals surface area contributed by atoms with Crippen molar-refractivity contribution in [2.75, 3.05) is 14.2 Å². The Balaban J connectivity index is 2.32. The van der Waals surface area contributed by atoms with E-state index in [1.807, 2.05) is 30.3 Å². The van der Waals surface area contributed by atoms with Gasteiger partial charge in [0.25, 0.3) is 0 Å². The van der Waals surface area contributed by atoms with Crippen LogP contribution in [-0.4, -0.2) is 37.2 Å². The minimum absolute atomic E-state index is 0.509. The third kappa shape index (κ3) is 3.18. The molecule has 6 heteroatoms. The molecule has 140 valence electrons. The van der Waals surface area contributed by atoms with Crippen molar-refractivity contribution >= 4 is 17.9 Å². The van der Waals surface area contributed by atoms with Crippen LogP contribution in [0.3, 0.4) is 0 Å². The van der Waals surface area contributed by atoms with Gasteiger partial charge in [-0.2, -0.15) is 0 Å². The van der Waals surface area contributed by atoms with Crippen LogP contribution in [0, 0.1) is 11.8 Å². The highest BCUT2D eigenvalue weighted by atomic mass is 16.5. The maximum Gasteiger partial charge on any atom is 0.311 e. The highest BCUT2D eigenvalue weighted by molar-refractivity contribution is 5.92. The molecular formula is C21H20O6. The molecule has 0 bridgehead atoms. The van der Waals surface area contributed by atoms with E-state index in [1.54, 1.807) is 24.3 Å². The van der Waals surface area contributed by atoms with E-state index in [0.717, 1.165) is 5.56 Å². The van der Waals surface area contributed by atoms with Crippen molar-refractivity contribution in [3.63, 3.8) is 0 Å². The van der Waals surface area contributed by atoms with E-state index < -0.39 is 41.6 Å². The maximum atomic E-state index is 12.7. The van der Waals surface area contributed by atoms with Crippen LogP contribution in [0.5, 0.6) is 0 Å². The zero-order valence-electron chi connectivity index (χ0n) is 15.0. The molecule has 1 N–H and O–H groups in total. The Morgan fingerprint density at radius 2 is 1.30 bits per heavy atom. The fourth-order valence-electron chi connectivity index (χ4n) is 4.05. The van der Waals surface area contributed by atoms with E-state index in [1.165, 1.54) is 14.2 Å². The van der Waals surface area contributed by atoms with Gasteiger partial charge in [0.2, 0.25) is 0 Å². The number of ether oxygens (including phenoxy) is 2. The number of carbonyl (C=O) groups is 3. The molecule has 0 aromatic heterocycles. The summed E-state index contributed by atoms with van der Waals surface area (Å²) in [6.45, 7) is 0. The molecular weight excluding hydrogens is 348 g/mol. The summed E-state index contributed by atoms with van der Waals surface area (Å²) in [5, 5.41) is 9.87. The van der Waals surface area contributed by atoms with Gasteiger partial charge in [-0.3, -0.25) is 14.4 Å². The van der Waals surface area contributed by atoms with Gasteiger partial charge in [0.15, 0.2) is 0 Å². The molecule has 2 aromatic carbocycles. The van der Waals surface area contributed by atoms with Gasteiger partial charge in [-0.25, -0.2) is 0 Å². The molecule has 0 spiro atoms. The monoisotopic (exact) mass is 368 g/mol. The zero-order valence-corrected chi connectivity index (χ0v) is 15.0. The first-order chi connectivity index (χ1) is 13.0. The van der Waals surface area contributed by atoms with Crippen molar-refractivity contribution in [2.45, 2.75) is 11.8 Å². The first kappa shape index (κ1) is 18.6. The van der Waals surface area contributed by atoms with Crippen LogP contribution in [0.4, 0.5) is 0 Å². The lowest BCUT2D eigenvalue weighted by Crippen LogP contribution is -2.45. The Morgan fingerprint density at radius 1 is 0.778 bits per heavy atom. The Labute approximate surface area is 156 Å². The van der Waals surface area contributed by atoms with Gasteiger partial charge in [-0.1, -0.05) is 54.6 Å². The van der Waals surface area contributed by atoms with Crippen molar-refractivity contribution in [2.24, 2.45) is 11.8 Å². The lowest BCUT2D eigenvalue weighted by molar-refractivity contribution is -0.163. The number of rotatable bonds is 4. The van der Waals surface area contributed by atoms with E-state index in [2.05, 4.69) is 0 Å². The second-order valence-electron chi connectivity index (χ2n) is 6.43. The number of carbonyl (C=O) groups excluding carboxylic acids is 2. The molecule has 0 aliphatic heterocycles. The minimum atomic E-state index is -1.20. The van der Waals surface area contributed by atoms with Crippen LogP contribution >= 0.6 is 0 Å². The highest BCUT2D eigenvalue weighted by Crippen LogP contribution is 2.50. The molecule has 0 unspecified atom stereocenters. The van der Waals surface area contributed by atoms with Gasteiger partial charge in [-0.05, 0) is 16.7 Å². The second kappa shape index (κ2) is 7.61. The van der Waals surface area contributed by atoms with Crippen LogP contribution in [0.25, 0.3) is 0 Å². The zero-order chi connectivity index (χ0) is 19.6. The third-order valence-electron chi connectivity index (χ3n) is 5.14. The van der Waals surface area contributed by atoms with E-state index in [0.29, 0.717) is 11.1 Å². The topological polar surface area (TPSA) is 89.9 Å². The molecule has 0 amide bonds. The Morgan fingerprint density at radius 3 is 1.85 bits per heavy atom. The quantitative estimate of drug-likeness (QED) is 0.835. The predicted molar refractivity (Wildman–Crippen MR) is 96.1 cm³/mol. The van der Waals surface area contributed by atoms with Gasteiger partial charge < -0.3 is 14.6 Å². The summed E-state index contributed by atoms with van der Waals surface area (Å²) in [4.78, 5) is 37.4. The van der Waals surface area contributed by atoms with E-state index in [-0.39, 0.29) is 0 Å². The third-order valence-corrected chi connectivity index (χ3v) is 5.14. The van der Waals surface area contributed by atoms with Gasteiger partial charge >= 0.3 is 17.9 Å². The number of benzene rings is 2. The summed E-state index contributed by atoms with van der Waals surface area (Å²) in [6, 6.07) is 16.2. The Bertz CT molecular complexity index is 860.